The molecule has 0 unspecified atom stereocenters. The number of nitrogens with zero attached hydrogens (tertiary/aromatic N) is 4. The molecule has 0 spiro atoms. The van der Waals surface area contributed by atoms with E-state index in [0.29, 0.717) is 30.4 Å². The number of halogens is 4. The summed E-state index contributed by atoms with van der Waals surface area (Å²) in [6.07, 6.45) is -2.56. The second-order valence-corrected chi connectivity index (χ2v) is 10.3. The van der Waals surface area contributed by atoms with Crippen LogP contribution in [0.2, 0.25) is 0 Å². The van der Waals surface area contributed by atoms with Gasteiger partial charge in [0.05, 0.1) is 39.9 Å². The smallest absolute Gasteiger partial charge is 0.367 e. The zero-order chi connectivity index (χ0) is 28.9. The maximum atomic E-state index is 15.7. The number of aryl methyl sites for hydroxylation is 1. The molecule has 2 aromatic carbocycles. The van der Waals surface area contributed by atoms with E-state index in [0.717, 1.165) is 17.2 Å². The Kier molecular flexibility index (Phi) is 6.90. The van der Waals surface area contributed by atoms with E-state index in [4.69, 9.17) is 0 Å². The Bertz CT molecular complexity index is 1650. The normalized spacial score (nSPS) is 18.4. The highest BCUT2D eigenvalue weighted by Gasteiger charge is 2.36. The highest BCUT2D eigenvalue weighted by molar-refractivity contribution is 6.07. The number of likely N-dealkylation sites (N-methyl/N-ethyl adjacent to an activating group) is 1. The van der Waals surface area contributed by atoms with Crippen LogP contribution in [0.25, 0.3) is 22.2 Å². The molecule has 1 aliphatic heterocycles. The van der Waals surface area contributed by atoms with Crippen molar-refractivity contribution in [2.24, 2.45) is 7.05 Å². The number of nitrogens with one attached hydrogen (secondary N) is 2. The molecule has 1 fully saturated rings. The summed E-state index contributed by atoms with van der Waals surface area (Å²) in [5, 5.41) is 2.58. The lowest BCUT2D eigenvalue weighted by atomic mass is 10.0. The molecule has 2 N–H and O–H groups in total. The summed E-state index contributed by atoms with van der Waals surface area (Å²) in [6, 6.07) is 8.48. The van der Waals surface area contributed by atoms with E-state index in [-0.39, 0.29) is 23.3 Å². The van der Waals surface area contributed by atoms with Crippen LogP contribution >= 0.6 is 0 Å². The summed E-state index contributed by atoms with van der Waals surface area (Å²) in [5.74, 6) is -1.63. The number of H-pyrrole nitrogens is 1. The Morgan fingerprint density at radius 3 is 2.45 bits per heavy atom. The van der Waals surface area contributed by atoms with Crippen LogP contribution in [0.4, 0.5) is 28.9 Å². The second kappa shape index (κ2) is 10.1. The van der Waals surface area contributed by atoms with Gasteiger partial charge in [0, 0.05) is 50.0 Å². The summed E-state index contributed by atoms with van der Waals surface area (Å²) in [6.45, 7) is 5.06. The number of imidazole rings is 1. The fraction of sp³-hybridized carbons (Fsp3) is 0.321. The molecule has 0 bridgehead atoms. The number of aromatic nitrogens is 3. The first-order chi connectivity index (χ1) is 18.8. The van der Waals surface area contributed by atoms with Crippen LogP contribution in [0.15, 0.2) is 53.7 Å². The highest BCUT2D eigenvalue weighted by Crippen LogP contribution is 2.38. The molecule has 4 aromatic rings. The van der Waals surface area contributed by atoms with E-state index in [9.17, 15) is 22.8 Å². The molecule has 0 saturated carbocycles. The molecule has 3 heterocycles. The molecule has 40 heavy (non-hydrogen) atoms. The van der Waals surface area contributed by atoms with Gasteiger partial charge in [-0.05, 0) is 50.7 Å². The number of anilines is 2. The van der Waals surface area contributed by atoms with Gasteiger partial charge in [-0.15, -0.1) is 0 Å². The van der Waals surface area contributed by atoms with Gasteiger partial charge in [-0.25, -0.2) is 9.37 Å². The molecular weight excluding hydrogens is 528 g/mol. The van der Waals surface area contributed by atoms with Crippen molar-refractivity contribution >= 4 is 28.3 Å². The van der Waals surface area contributed by atoms with Crippen molar-refractivity contribution in [3.05, 3.63) is 76.2 Å². The number of amides is 1. The largest absolute Gasteiger partial charge is 0.417 e. The van der Waals surface area contributed by atoms with E-state index < -0.39 is 34.6 Å². The Balaban J connectivity index is 1.63. The molecule has 2 aromatic heterocycles. The lowest BCUT2D eigenvalue weighted by Crippen LogP contribution is -2.55. The van der Waals surface area contributed by atoms with Crippen LogP contribution in [0, 0.1) is 5.82 Å². The third-order valence-corrected chi connectivity index (χ3v) is 7.54. The van der Waals surface area contributed by atoms with Gasteiger partial charge in [0.15, 0.2) is 0 Å². The first-order valence-electron chi connectivity index (χ1n) is 12.7. The lowest BCUT2D eigenvalue weighted by Gasteiger charge is -2.44. The van der Waals surface area contributed by atoms with Crippen LogP contribution in [0.5, 0.6) is 0 Å². The van der Waals surface area contributed by atoms with E-state index in [1.165, 1.54) is 12.1 Å². The van der Waals surface area contributed by atoms with Crippen molar-refractivity contribution in [1.82, 2.24) is 19.4 Å². The number of hydrogen-bond donors (Lipinski definition) is 2. The first-order valence-corrected chi connectivity index (χ1v) is 12.7. The molecule has 8 nitrogen and oxygen atoms in total. The molecule has 0 aliphatic carbocycles. The second-order valence-electron chi connectivity index (χ2n) is 10.3. The number of rotatable bonds is 4. The third kappa shape index (κ3) is 5.06. The van der Waals surface area contributed by atoms with Gasteiger partial charge in [-0.1, -0.05) is 6.07 Å². The number of carbonyl (C=O) groups excluding carboxylic acids is 1. The number of benzene rings is 2. The highest BCUT2D eigenvalue weighted by atomic mass is 19.4. The summed E-state index contributed by atoms with van der Waals surface area (Å²) in [7, 11) is 3.80. The topological polar surface area (TPSA) is 86.3 Å². The van der Waals surface area contributed by atoms with Crippen LogP contribution < -0.4 is 15.8 Å². The third-order valence-electron chi connectivity index (χ3n) is 7.54. The van der Waals surface area contributed by atoms with Gasteiger partial charge in [0.1, 0.15) is 5.82 Å². The van der Waals surface area contributed by atoms with Crippen LogP contribution in [0.1, 0.15) is 29.8 Å². The Hall–Kier alpha value is -4.19. The monoisotopic (exact) mass is 556 g/mol. The van der Waals surface area contributed by atoms with E-state index in [2.05, 4.69) is 20.2 Å². The van der Waals surface area contributed by atoms with Crippen molar-refractivity contribution in [2.75, 3.05) is 30.4 Å². The average Bonchev–Trinajstić information content (AvgIpc) is 3.27. The van der Waals surface area contributed by atoms with Crippen molar-refractivity contribution < 1.29 is 22.4 Å². The van der Waals surface area contributed by atoms with Gasteiger partial charge < -0.3 is 19.8 Å². The predicted molar refractivity (Wildman–Crippen MR) is 145 cm³/mol. The number of hydrogen-bond acceptors (Lipinski definition) is 5. The van der Waals surface area contributed by atoms with Crippen molar-refractivity contribution in [3.8, 4) is 11.1 Å². The molecule has 12 heteroatoms. The van der Waals surface area contributed by atoms with E-state index in [1.807, 2.05) is 32.8 Å². The van der Waals surface area contributed by atoms with Crippen LogP contribution in [-0.2, 0) is 13.2 Å². The molecule has 2 atom stereocenters. The molecule has 1 amide bonds. The average molecular weight is 557 g/mol. The van der Waals surface area contributed by atoms with E-state index in [1.54, 1.807) is 29.1 Å². The van der Waals surface area contributed by atoms with Gasteiger partial charge in [0.2, 0.25) is 5.56 Å². The molecule has 1 aliphatic rings. The van der Waals surface area contributed by atoms with Crippen molar-refractivity contribution in [3.63, 3.8) is 0 Å². The summed E-state index contributed by atoms with van der Waals surface area (Å²) in [4.78, 5) is 35.4. The Morgan fingerprint density at radius 1 is 1.07 bits per heavy atom. The molecule has 210 valence electrons. The fourth-order valence-electron chi connectivity index (χ4n) is 5.12. The quantitative estimate of drug-likeness (QED) is 0.351. The maximum absolute atomic E-state index is 15.7. The minimum absolute atomic E-state index is 0.0957. The van der Waals surface area contributed by atoms with Gasteiger partial charge in [0.25, 0.3) is 5.91 Å². The minimum atomic E-state index is -4.93. The molecular formula is C28H28F4N6O2. The van der Waals surface area contributed by atoms with Crippen LogP contribution in [0.3, 0.4) is 0 Å². The van der Waals surface area contributed by atoms with E-state index >= 15 is 4.39 Å². The summed E-state index contributed by atoms with van der Waals surface area (Å²) < 4.78 is 58.6. The predicted octanol–water partition coefficient (Wildman–Crippen LogP) is 4.87. The lowest BCUT2D eigenvalue weighted by molar-refractivity contribution is -0.138. The minimum Gasteiger partial charge on any atom is -0.367 e. The molecule has 1 saturated heterocycles. The number of pyridine rings is 1. The number of carbonyl (C=O) groups is 1. The maximum Gasteiger partial charge on any atom is 0.417 e. The summed E-state index contributed by atoms with van der Waals surface area (Å²) >= 11 is 0. The van der Waals surface area contributed by atoms with Gasteiger partial charge >= 0.3 is 6.18 Å². The number of piperazine rings is 1. The first kappa shape index (κ1) is 27.4. The molecule has 0 radical (unpaired) electrons. The SMILES string of the molecule is C[C@@H]1CN(c2cc(F)c(-c3ccc4ncn(C)c4c3)cc2NC(=O)c2c[nH]c(=O)cc2C(F)(F)F)C[C@H](C)N1C. The van der Waals surface area contributed by atoms with Crippen molar-refractivity contribution in [1.29, 1.82) is 0 Å². The Morgan fingerprint density at radius 2 is 1.77 bits per heavy atom. The van der Waals surface area contributed by atoms with Crippen molar-refractivity contribution in [2.45, 2.75) is 32.1 Å². The number of alkyl halides is 3. The molecule has 5 rings (SSSR count). The Labute approximate surface area is 227 Å². The number of fused-ring (bicyclic) bond motifs is 1. The summed E-state index contributed by atoms with van der Waals surface area (Å²) in [5.41, 5.74) is -0.450. The fourth-order valence-corrected chi connectivity index (χ4v) is 5.12. The zero-order valence-electron chi connectivity index (χ0n) is 22.3. The van der Waals surface area contributed by atoms with Crippen LogP contribution in [-0.4, -0.2) is 57.6 Å². The van der Waals surface area contributed by atoms with Gasteiger partial charge in [-0.3, -0.25) is 14.5 Å². The van der Waals surface area contributed by atoms with Gasteiger partial charge in [-0.2, -0.15) is 13.2 Å². The standard InChI is InChI=1S/C28H28F4N6O2/c1-15-12-38(13-16(2)37(15)4)25-10-21(29)18(17-5-6-22-24(7-17)36(3)14-34-22)8-23(25)35-27(40)19-11-33-26(39)9-20(19)28(30,31)32/h5-11,14-16H,12-13H2,1-4H3,(H,33,39)(H,35,40)/t15-,16+. The number of aromatic amines is 1. The zero-order valence-corrected chi connectivity index (χ0v) is 22.3.